The molecule has 1 amide bonds. The van der Waals surface area contributed by atoms with E-state index in [2.05, 4.69) is 26.3 Å². The zero-order valence-corrected chi connectivity index (χ0v) is 18.0. The van der Waals surface area contributed by atoms with Gasteiger partial charge in [-0.15, -0.1) is 0 Å². The van der Waals surface area contributed by atoms with E-state index in [-0.39, 0.29) is 5.91 Å². The Hall–Kier alpha value is -4.02. The fourth-order valence-electron chi connectivity index (χ4n) is 3.47. The molecule has 0 saturated heterocycles. The van der Waals surface area contributed by atoms with Gasteiger partial charge in [-0.3, -0.25) is 14.8 Å². The quantitative estimate of drug-likeness (QED) is 0.483. The summed E-state index contributed by atoms with van der Waals surface area (Å²) in [7, 11) is 0. The number of nitrogens with two attached hydrogens (primary N) is 1. The fourth-order valence-corrected chi connectivity index (χ4v) is 3.64. The lowest BCUT2D eigenvalue weighted by molar-refractivity contribution is 0.0950. The molecule has 0 radical (unpaired) electrons. The first-order chi connectivity index (χ1) is 15.4. The molecule has 1 aromatic carbocycles. The second kappa shape index (κ2) is 9.00. The number of rotatable bonds is 5. The van der Waals surface area contributed by atoms with Crippen molar-refractivity contribution in [2.75, 3.05) is 5.73 Å². The number of fused-ring (bicyclic) bond motifs is 1. The lowest BCUT2D eigenvalue weighted by Gasteiger charge is -2.09. The molecule has 4 rings (SSSR count). The molecular formula is C24H19ClN6O. The van der Waals surface area contributed by atoms with E-state index in [0.717, 1.165) is 22.2 Å². The lowest BCUT2D eigenvalue weighted by Crippen LogP contribution is -2.23. The minimum atomic E-state index is -0.211. The van der Waals surface area contributed by atoms with E-state index < -0.39 is 0 Å². The van der Waals surface area contributed by atoms with Gasteiger partial charge in [-0.25, -0.2) is 4.98 Å². The van der Waals surface area contributed by atoms with E-state index in [1.807, 2.05) is 19.1 Å². The number of amides is 1. The predicted molar refractivity (Wildman–Crippen MR) is 123 cm³/mol. The van der Waals surface area contributed by atoms with Crippen molar-refractivity contribution in [1.29, 1.82) is 5.26 Å². The molecule has 4 aromatic rings. The van der Waals surface area contributed by atoms with Crippen LogP contribution in [0.2, 0.25) is 5.02 Å². The highest BCUT2D eigenvalue weighted by Gasteiger charge is 2.11. The maximum Gasteiger partial charge on any atom is 0.251 e. The first-order valence-electron chi connectivity index (χ1n) is 9.86. The van der Waals surface area contributed by atoms with E-state index in [1.54, 1.807) is 36.5 Å². The van der Waals surface area contributed by atoms with Crippen molar-refractivity contribution in [2.24, 2.45) is 0 Å². The number of anilines is 1. The Morgan fingerprint density at radius 2 is 2.03 bits per heavy atom. The number of nitrogen functional groups attached to an aromatic ring is 1. The number of carbonyl (C=O) groups is 1. The Morgan fingerprint density at radius 3 is 2.81 bits per heavy atom. The topological polar surface area (TPSA) is 118 Å². The Bertz CT molecular complexity index is 1380. The molecule has 7 nitrogen and oxygen atoms in total. The van der Waals surface area contributed by atoms with Crippen LogP contribution in [0.3, 0.4) is 0 Å². The molecule has 0 aliphatic heterocycles. The smallest absolute Gasteiger partial charge is 0.251 e. The third-order valence-corrected chi connectivity index (χ3v) is 5.26. The molecule has 0 bridgehead atoms. The van der Waals surface area contributed by atoms with Gasteiger partial charge in [0.1, 0.15) is 11.9 Å². The number of hydrogen-bond donors (Lipinski definition) is 2. The molecule has 0 atom stereocenters. The number of halogens is 1. The highest BCUT2D eigenvalue weighted by Crippen LogP contribution is 2.23. The number of nitrogens with zero attached hydrogens (tertiary/aromatic N) is 4. The SMILES string of the molecule is Cc1nc(N)ccc1CNC(=O)c1ccnc(Cc2cc(C#N)c3ncc(Cl)cc3c2)c1. The van der Waals surface area contributed by atoms with Crippen LogP contribution in [0.1, 0.15) is 38.4 Å². The summed E-state index contributed by atoms with van der Waals surface area (Å²) < 4.78 is 0. The number of nitriles is 1. The van der Waals surface area contributed by atoms with Gasteiger partial charge in [0, 0.05) is 47.7 Å². The number of nitrogens with one attached hydrogen (secondary N) is 1. The summed E-state index contributed by atoms with van der Waals surface area (Å²) in [6, 6.07) is 14.6. The third kappa shape index (κ3) is 4.66. The molecule has 3 aromatic heterocycles. The van der Waals surface area contributed by atoms with Crippen LogP contribution >= 0.6 is 11.6 Å². The Labute approximate surface area is 189 Å². The summed E-state index contributed by atoms with van der Waals surface area (Å²) in [6.07, 6.45) is 3.58. The standard InChI is InChI=1S/C24H19ClN6O/c1-14-17(2-3-22(27)31-14)12-30-24(32)16-4-5-28-21(10-16)8-15-6-18-9-20(25)13-29-23(18)19(7-15)11-26/h2-7,9-10,13H,8,12H2,1H3,(H2,27,31)(H,30,32). The van der Waals surface area contributed by atoms with Gasteiger partial charge in [-0.05, 0) is 54.4 Å². The highest BCUT2D eigenvalue weighted by atomic mass is 35.5. The van der Waals surface area contributed by atoms with Crippen molar-refractivity contribution < 1.29 is 4.79 Å². The summed E-state index contributed by atoms with van der Waals surface area (Å²) in [4.78, 5) is 25.5. The number of benzene rings is 1. The van der Waals surface area contributed by atoms with Gasteiger partial charge >= 0.3 is 0 Å². The molecule has 0 fully saturated rings. The summed E-state index contributed by atoms with van der Waals surface area (Å²) in [5.41, 5.74) is 10.5. The summed E-state index contributed by atoms with van der Waals surface area (Å²) in [5, 5.41) is 13.7. The minimum Gasteiger partial charge on any atom is -0.384 e. The van der Waals surface area contributed by atoms with Gasteiger partial charge in [0.2, 0.25) is 0 Å². The van der Waals surface area contributed by atoms with Crippen LogP contribution in [0, 0.1) is 18.3 Å². The number of carbonyl (C=O) groups excluding carboxylic acids is 1. The van der Waals surface area contributed by atoms with E-state index >= 15 is 0 Å². The van der Waals surface area contributed by atoms with Crippen LogP contribution in [0.5, 0.6) is 0 Å². The van der Waals surface area contributed by atoms with Crippen LogP contribution in [0.4, 0.5) is 5.82 Å². The van der Waals surface area contributed by atoms with Crippen LogP contribution in [-0.4, -0.2) is 20.9 Å². The molecule has 0 unspecified atom stereocenters. The van der Waals surface area contributed by atoms with Crippen LogP contribution in [0.15, 0.2) is 54.9 Å². The monoisotopic (exact) mass is 442 g/mol. The van der Waals surface area contributed by atoms with Crippen molar-refractivity contribution in [2.45, 2.75) is 19.9 Å². The molecule has 3 heterocycles. The average Bonchev–Trinajstić information content (AvgIpc) is 2.77. The Kier molecular flexibility index (Phi) is 5.97. The van der Waals surface area contributed by atoms with Crippen LogP contribution in [0.25, 0.3) is 10.9 Å². The van der Waals surface area contributed by atoms with Crippen LogP contribution < -0.4 is 11.1 Å². The van der Waals surface area contributed by atoms with E-state index in [9.17, 15) is 10.1 Å². The first-order valence-corrected chi connectivity index (χ1v) is 10.2. The number of aryl methyl sites for hydroxylation is 1. The minimum absolute atomic E-state index is 0.211. The van der Waals surface area contributed by atoms with E-state index in [0.29, 0.717) is 46.1 Å². The van der Waals surface area contributed by atoms with E-state index in [1.165, 1.54) is 6.20 Å². The average molecular weight is 443 g/mol. The normalized spacial score (nSPS) is 10.7. The van der Waals surface area contributed by atoms with Gasteiger partial charge in [-0.1, -0.05) is 17.7 Å². The third-order valence-electron chi connectivity index (χ3n) is 5.05. The van der Waals surface area contributed by atoms with Crippen molar-refractivity contribution in [1.82, 2.24) is 20.3 Å². The van der Waals surface area contributed by atoms with Gasteiger partial charge in [-0.2, -0.15) is 5.26 Å². The largest absolute Gasteiger partial charge is 0.384 e. The summed E-state index contributed by atoms with van der Waals surface area (Å²) in [5.74, 6) is 0.236. The summed E-state index contributed by atoms with van der Waals surface area (Å²) >= 11 is 6.06. The molecule has 0 saturated carbocycles. The van der Waals surface area contributed by atoms with Gasteiger partial charge < -0.3 is 11.1 Å². The Morgan fingerprint density at radius 1 is 1.19 bits per heavy atom. The van der Waals surface area contributed by atoms with E-state index in [4.69, 9.17) is 17.3 Å². The molecule has 8 heteroatoms. The van der Waals surface area contributed by atoms with Crippen LogP contribution in [-0.2, 0) is 13.0 Å². The summed E-state index contributed by atoms with van der Waals surface area (Å²) in [6.45, 7) is 2.20. The molecule has 3 N–H and O–H groups in total. The second-order valence-electron chi connectivity index (χ2n) is 7.36. The van der Waals surface area contributed by atoms with Crippen molar-refractivity contribution >= 4 is 34.2 Å². The predicted octanol–water partition coefficient (Wildman–Crippen LogP) is 3.96. The highest BCUT2D eigenvalue weighted by molar-refractivity contribution is 6.31. The van der Waals surface area contributed by atoms with Gasteiger partial charge in [0.05, 0.1) is 16.1 Å². The molecule has 0 aliphatic rings. The second-order valence-corrected chi connectivity index (χ2v) is 7.79. The number of aromatic nitrogens is 3. The van der Waals surface area contributed by atoms with Gasteiger partial charge in [0.15, 0.2) is 0 Å². The van der Waals surface area contributed by atoms with Crippen molar-refractivity contribution in [3.63, 3.8) is 0 Å². The molecule has 158 valence electrons. The number of pyridine rings is 3. The zero-order valence-electron chi connectivity index (χ0n) is 17.3. The maximum atomic E-state index is 12.7. The fraction of sp³-hybridized carbons (Fsp3) is 0.125. The van der Waals surface area contributed by atoms with Crippen molar-refractivity contribution in [3.8, 4) is 6.07 Å². The first kappa shape index (κ1) is 21.2. The zero-order chi connectivity index (χ0) is 22.7. The van der Waals surface area contributed by atoms with Gasteiger partial charge in [0.25, 0.3) is 5.91 Å². The maximum absolute atomic E-state index is 12.7. The molecule has 0 spiro atoms. The molecule has 32 heavy (non-hydrogen) atoms. The Balaban J connectivity index is 1.53. The van der Waals surface area contributed by atoms with Crippen molar-refractivity contribution in [3.05, 3.63) is 93.5 Å². The lowest BCUT2D eigenvalue weighted by atomic mass is 10.0. The molecule has 0 aliphatic carbocycles. The number of hydrogen-bond acceptors (Lipinski definition) is 6. The molecular weight excluding hydrogens is 424 g/mol.